The van der Waals surface area contributed by atoms with Crippen molar-refractivity contribution in [2.45, 2.75) is 31.7 Å². The van der Waals surface area contributed by atoms with E-state index in [1.165, 1.54) is 0 Å². The summed E-state index contributed by atoms with van der Waals surface area (Å²) in [7, 11) is 1.65. The molecule has 2 atom stereocenters. The van der Waals surface area contributed by atoms with Crippen LogP contribution in [0, 0.1) is 5.92 Å². The molecule has 0 N–H and O–H groups in total. The molecule has 0 aromatic carbocycles. The molecule has 2 aliphatic heterocycles. The Kier molecular flexibility index (Phi) is 5.40. The van der Waals surface area contributed by atoms with Gasteiger partial charge in [0.15, 0.2) is 5.69 Å². The van der Waals surface area contributed by atoms with Gasteiger partial charge in [0.25, 0.3) is 5.91 Å². The maximum atomic E-state index is 12.6. The van der Waals surface area contributed by atoms with Crippen LogP contribution in [0.2, 0.25) is 0 Å². The van der Waals surface area contributed by atoms with Crippen LogP contribution in [-0.4, -0.2) is 71.2 Å². The van der Waals surface area contributed by atoms with E-state index >= 15 is 0 Å². The first-order valence-electron chi connectivity index (χ1n) is 8.56. The van der Waals surface area contributed by atoms with E-state index in [0.717, 1.165) is 19.3 Å². The molecule has 0 saturated carbocycles. The third kappa shape index (κ3) is 3.56. The van der Waals surface area contributed by atoms with Crippen molar-refractivity contribution < 1.29 is 14.3 Å². The predicted octanol–water partition coefficient (Wildman–Crippen LogP) is 0.966. The molecule has 7 nitrogen and oxygen atoms in total. The second kappa shape index (κ2) is 7.70. The van der Waals surface area contributed by atoms with Gasteiger partial charge in [-0.2, -0.15) is 5.10 Å². The Balaban J connectivity index is 1.70. The number of hydrogen-bond acceptors (Lipinski definition) is 5. The van der Waals surface area contributed by atoms with E-state index in [1.54, 1.807) is 25.4 Å². The average Bonchev–Trinajstić information content (AvgIpc) is 2.78. The Labute approximate surface area is 142 Å². The number of methoxy groups -OCH3 is 1. The minimum Gasteiger partial charge on any atom is -0.383 e. The number of likely N-dealkylation sites (tertiary alicyclic amines) is 2. The second-order valence-corrected chi connectivity index (χ2v) is 6.45. The SMILES string of the molecule is COCCN1C(=O)CCC[C@H]2CN(C(=O)c3cccnn3)CC[C@H]21. The van der Waals surface area contributed by atoms with Crippen LogP contribution >= 0.6 is 0 Å². The van der Waals surface area contributed by atoms with Crippen LogP contribution < -0.4 is 0 Å². The van der Waals surface area contributed by atoms with Crippen LogP contribution in [0.5, 0.6) is 0 Å². The number of amides is 2. The van der Waals surface area contributed by atoms with Crippen molar-refractivity contribution in [1.82, 2.24) is 20.0 Å². The van der Waals surface area contributed by atoms with Gasteiger partial charge < -0.3 is 14.5 Å². The molecule has 130 valence electrons. The van der Waals surface area contributed by atoms with Crippen molar-refractivity contribution in [2.24, 2.45) is 5.92 Å². The summed E-state index contributed by atoms with van der Waals surface area (Å²) >= 11 is 0. The van der Waals surface area contributed by atoms with Crippen LogP contribution in [0.4, 0.5) is 0 Å². The highest BCUT2D eigenvalue weighted by atomic mass is 16.5. The first-order chi connectivity index (χ1) is 11.7. The van der Waals surface area contributed by atoms with Gasteiger partial charge >= 0.3 is 0 Å². The fraction of sp³-hybridized carbons (Fsp3) is 0.647. The lowest BCUT2D eigenvalue weighted by molar-refractivity contribution is -0.135. The molecule has 3 heterocycles. The average molecular weight is 332 g/mol. The van der Waals surface area contributed by atoms with Gasteiger partial charge in [0.2, 0.25) is 5.91 Å². The Bertz CT molecular complexity index is 580. The Morgan fingerprint density at radius 1 is 1.42 bits per heavy atom. The van der Waals surface area contributed by atoms with Gasteiger partial charge in [-0.25, -0.2) is 0 Å². The number of rotatable bonds is 4. The maximum absolute atomic E-state index is 12.6. The molecule has 0 aliphatic carbocycles. The van der Waals surface area contributed by atoms with Crippen molar-refractivity contribution in [3.05, 3.63) is 24.0 Å². The number of aromatic nitrogens is 2. The van der Waals surface area contributed by atoms with Gasteiger partial charge in [-0.3, -0.25) is 9.59 Å². The summed E-state index contributed by atoms with van der Waals surface area (Å²) < 4.78 is 5.16. The summed E-state index contributed by atoms with van der Waals surface area (Å²) in [6.45, 7) is 2.51. The number of fused-ring (bicyclic) bond motifs is 1. The van der Waals surface area contributed by atoms with Gasteiger partial charge in [0, 0.05) is 45.4 Å². The monoisotopic (exact) mass is 332 g/mol. The van der Waals surface area contributed by atoms with Crippen molar-refractivity contribution in [3.63, 3.8) is 0 Å². The van der Waals surface area contributed by atoms with Gasteiger partial charge in [-0.05, 0) is 37.3 Å². The molecular weight excluding hydrogens is 308 g/mol. The topological polar surface area (TPSA) is 75.6 Å². The summed E-state index contributed by atoms with van der Waals surface area (Å²) in [5.41, 5.74) is 0.386. The molecule has 1 aromatic rings. The zero-order chi connectivity index (χ0) is 16.9. The molecule has 0 bridgehead atoms. The predicted molar refractivity (Wildman–Crippen MR) is 87.3 cm³/mol. The number of hydrogen-bond donors (Lipinski definition) is 0. The molecule has 24 heavy (non-hydrogen) atoms. The quantitative estimate of drug-likeness (QED) is 0.821. The van der Waals surface area contributed by atoms with Crippen molar-refractivity contribution >= 4 is 11.8 Å². The standard InChI is InChI=1S/C17H24N4O3/c1-24-11-10-21-15-7-9-20(12-13(15)4-2-6-16(21)22)17(23)14-5-3-8-18-19-14/h3,5,8,13,15H,2,4,6-7,9-12H2,1H3/t13-,15+/m0/s1. The highest BCUT2D eigenvalue weighted by Gasteiger charge is 2.38. The normalized spacial score (nSPS) is 24.5. The molecule has 7 heteroatoms. The third-order valence-corrected chi connectivity index (χ3v) is 5.00. The fourth-order valence-corrected chi connectivity index (χ4v) is 3.80. The van der Waals surface area contributed by atoms with E-state index in [4.69, 9.17) is 4.74 Å². The smallest absolute Gasteiger partial charge is 0.274 e. The minimum atomic E-state index is -0.0689. The van der Waals surface area contributed by atoms with Crippen LogP contribution in [-0.2, 0) is 9.53 Å². The zero-order valence-electron chi connectivity index (χ0n) is 14.1. The summed E-state index contributed by atoms with van der Waals surface area (Å²) in [4.78, 5) is 28.8. The lowest BCUT2D eigenvalue weighted by atomic mass is 9.88. The Hall–Kier alpha value is -2.02. The first-order valence-corrected chi connectivity index (χ1v) is 8.56. The Morgan fingerprint density at radius 3 is 3.04 bits per heavy atom. The number of piperidine rings is 1. The van der Waals surface area contributed by atoms with Gasteiger partial charge in [0.1, 0.15) is 0 Å². The summed E-state index contributed by atoms with van der Waals surface area (Å²) in [5.74, 6) is 0.469. The van der Waals surface area contributed by atoms with Crippen molar-refractivity contribution in [3.8, 4) is 0 Å². The van der Waals surface area contributed by atoms with Crippen molar-refractivity contribution in [1.29, 1.82) is 0 Å². The lowest BCUT2D eigenvalue weighted by Crippen LogP contribution is -2.53. The van der Waals surface area contributed by atoms with E-state index < -0.39 is 0 Å². The number of carbonyl (C=O) groups is 2. The van der Waals surface area contributed by atoms with E-state index in [-0.39, 0.29) is 17.9 Å². The Morgan fingerprint density at radius 2 is 2.29 bits per heavy atom. The maximum Gasteiger partial charge on any atom is 0.274 e. The summed E-state index contributed by atoms with van der Waals surface area (Å²) in [5, 5.41) is 7.71. The molecule has 3 rings (SSSR count). The zero-order valence-corrected chi connectivity index (χ0v) is 14.1. The summed E-state index contributed by atoms with van der Waals surface area (Å²) in [6.07, 6.45) is 4.83. The van der Waals surface area contributed by atoms with Gasteiger partial charge in [0.05, 0.1) is 6.61 Å². The molecule has 1 aromatic heterocycles. The molecular formula is C17H24N4O3. The van der Waals surface area contributed by atoms with Gasteiger partial charge in [-0.15, -0.1) is 5.10 Å². The highest BCUT2D eigenvalue weighted by Crippen LogP contribution is 2.30. The molecule has 0 spiro atoms. The molecule has 0 radical (unpaired) electrons. The van der Waals surface area contributed by atoms with Crippen LogP contribution in [0.1, 0.15) is 36.2 Å². The van der Waals surface area contributed by atoms with E-state index in [9.17, 15) is 9.59 Å². The van der Waals surface area contributed by atoms with Crippen molar-refractivity contribution in [2.75, 3.05) is 33.4 Å². The molecule has 2 aliphatic rings. The highest BCUT2D eigenvalue weighted by molar-refractivity contribution is 5.92. The lowest BCUT2D eigenvalue weighted by Gasteiger charge is -2.42. The fourth-order valence-electron chi connectivity index (χ4n) is 3.80. The largest absolute Gasteiger partial charge is 0.383 e. The molecule has 2 amide bonds. The van der Waals surface area contributed by atoms with Gasteiger partial charge in [-0.1, -0.05) is 0 Å². The number of carbonyl (C=O) groups excluding carboxylic acids is 2. The van der Waals surface area contributed by atoms with Crippen LogP contribution in [0.25, 0.3) is 0 Å². The number of nitrogens with zero attached hydrogens (tertiary/aromatic N) is 4. The minimum absolute atomic E-state index is 0.0689. The van der Waals surface area contributed by atoms with Crippen LogP contribution in [0.15, 0.2) is 18.3 Å². The van der Waals surface area contributed by atoms with Crippen LogP contribution in [0.3, 0.4) is 0 Å². The number of ether oxygens (including phenoxy) is 1. The molecule has 2 fully saturated rings. The molecule has 2 saturated heterocycles. The van der Waals surface area contributed by atoms with E-state index in [0.29, 0.717) is 44.3 Å². The third-order valence-electron chi connectivity index (χ3n) is 5.00. The molecule has 0 unspecified atom stereocenters. The first kappa shape index (κ1) is 16.8. The van der Waals surface area contributed by atoms with E-state index in [2.05, 4.69) is 10.2 Å². The summed E-state index contributed by atoms with van der Waals surface area (Å²) in [6, 6.07) is 3.63. The van der Waals surface area contributed by atoms with E-state index in [1.807, 2.05) is 9.80 Å². The second-order valence-electron chi connectivity index (χ2n) is 6.45.